The maximum absolute atomic E-state index is 6.10. The molecule has 1 aliphatic heterocycles. The molecule has 0 bridgehead atoms. The lowest BCUT2D eigenvalue weighted by Crippen LogP contribution is -2.37. The van der Waals surface area contributed by atoms with Gasteiger partial charge in [-0.25, -0.2) is 0 Å². The summed E-state index contributed by atoms with van der Waals surface area (Å²) < 4.78 is 0. The van der Waals surface area contributed by atoms with Crippen molar-refractivity contribution in [3.8, 4) is 0 Å². The Balaban J connectivity index is 1.85. The van der Waals surface area contributed by atoms with Crippen LogP contribution in [0.1, 0.15) is 57.6 Å². The maximum Gasteiger partial charge on any atom is 0.0595 e. The lowest BCUT2D eigenvalue weighted by molar-refractivity contribution is 0.380. The average Bonchev–Trinajstić information content (AvgIpc) is 2.70. The topological polar surface area (TPSA) is 24.1 Å². The Morgan fingerprint density at radius 2 is 2.00 bits per heavy atom. The average molecular weight is 329 g/mol. The predicted octanol–water partition coefficient (Wildman–Crippen LogP) is 4.95. The zero-order chi connectivity index (χ0) is 15.2. The van der Waals surface area contributed by atoms with Gasteiger partial charge in [0.2, 0.25) is 0 Å². The van der Waals surface area contributed by atoms with Crippen molar-refractivity contribution in [1.82, 2.24) is 10.6 Å². The van der Waals surface area contributed by atoms with Gasteiger partial charge in [0, 0.05) is 18.1 Å². The zero-order valence-corrected chi connectivity index (χ0v) is 14.5. The molecule has 0 saturated carbocycles. The standard InChI is InChI=1S/C17H26Cl2N2/c1-12(10-15-6-4-3-5-9-20-15)21-13(2)14-7-8-16(18)17(19)11-14/h7-8,11-13,15,20-21H,3-6,9-10H2,1-2H3. The third-order valence-electron chi connectivity index (χ3n) is 4.28. The van der Waals surface area contributed by atoms with Crippen LogP contribution in [0.25, 0.3) is 0 Å². The van der Waals surface area contributed by atoms with E-state index in [1.807, 2.05) is 18.2 Å². The van der Waals surface area contributed by atoms with Crippen LogP contribution in [0.5, 0.6) is 0 Å². The molecular formula is C17H26Cl2N2. The summed E-state index contributed by atoms with van der Waals surface area (Å²) in [4.78, 5) is 0. The minimum atomic E-state index is 0.278. The first kappa shape index (κ1) is 17.1. The second-order valence-corrected chi connectivity index (χ2v) is 7.01. The van der Waals surface area contributed by atoms with Crippen LogP contribution in [0, 0.1) is 0 Å². The van der Waals surface area contributed by atoms with Crippen molar-refractivity contribution in [3.63, 3.8) is 0 Å². The molecular weight excluding hydrogens is 303 g/mol. The van der Waals surface area contributed by atoms with Crippen LogP contribution in [0.15, 0.2) is 18.2 Å². The van der Waals surface area contributed by atoms with Crippen LogP contribution in [0.4, 0.5) is 0 Å². The molecule has 0 radical (unpaired) electrons. The van der Waals surface area contributed by atoms with E-state index in [2.05, 4.69) is 24.5 Å². The SMILES string of the molecule is CC(CC1CCCCCN1)NC(C)c1ccc(Cl)c(Cl)c1. The Hall–Kier alpha value is -0.280. The quantitative estimate of drug-likeness (QED) is 0.798. The molecule has 4 heteroatoms. The van der Waals surface area contributed by atoms with Gasteiger partial charge in [0.25, 0.3) is 0 Å². The van der Waals surface area contributed by atoms with E-state index >= 15 is 0 Å². The number of nitrogens with one attached hydrogen (secondary N) is 2. The highest BCUT2D eigenvalue weighted by molar-refractivity contribution is 6.42. The monoisotopic (exact) mass is 328 g/mol. The fourth-order valence-electron chi connectivity index (χ4n) is 3.10. The largest absolute Gasteiger partial charge is 0.314 e. The molecule has 0 aliphatic carbocycles. The van der Waals surface area contributed by atoms with Gasteiger partial charge in [-0.05, 0) is 57.4 Å². The third kappa shape index (κ3) is 5.45. The normalized spacial score (nSPS) is 22.6. The van der Waals surface area contributed by atoms with Gasteiger partial charge >= 0.3 is 0 Å². The van der Waals surface area contributed by atoms with Crippen LogP contribution >= 0.6 is 23.2 Å². The van der Waals surface area contributed by atoms with Gasteiger partial charge in [0.05, 0.1) is 10.0 Å². The smallest absolute Gasteiger partial charge is 0.0595 e. The van der Waals surface area contributed by atoms with Crippen LogP contribution < -0.4 is 10.6 Å². The summed E-state index contributed by atoms with van der Waals surface area (Å²) in [6.45, 7) is 5.61. The van der Waals surface area contributed by atoms with Crippen molar-refractivity contribution in [2.75, 3.05) is 6.54 Å². The van der Waals surface area contributed by atoms with Crippen LogP contribution in [0.3, 0.4) is 0 Å². The van der Waals surface area contributed by atoms with Gasteiger partial charge in [-0.3, -0.25) is 0 Å². The number of halogens is 2. The molecule has 1 heterocycles. The molecule has 1 aromatic carbocycles. The number of hydrogen-bond donors (Lipinski definition) is 2. The molecule has 1 fully saturated rings. The first-order valence-corrected chi connectivity index (χ1v) is 8.76. The molecule has 2 nitrogen and oxygen atoms in total. The van der Waals surface area contributed by atoms with Crippen LogP contribution in [-0.4, -0.2) is 18.6 Å². The van der Waals surface area contributed by atoms with E-state index in [-0.39, 0.29) is 6.04 Å². The summed E-state index contributed by atoms with van der Waals surface area (Å²) >= 11 is 12.1. The fourth-order valence-corrected chi connectivity index (χ4v) is 3.41. The van der Waals surface area contributed by atoms with Crippen molar-refractivity contribution in [2.24, 2.45) is 0 Å². The molecule has 2 N–H and O–H groups in total. The molecule has 3 atom stereocenters. The Labute approximate surface area is 138 Å². The second kappa shape index (κ2) is 8.38. The van der Waals surface area contributed by atoms with E-state index in [9.17, 15) is 0 Å². The minimum absolute atomic E-state index is 0.278. The van der Waals surface area contributed by atoms with Crippen LogP contribution in [0.2, 0.25) is 10.0 Å². The van der Waals surface area contributed by atoms with E-state index in [0.717, 1.165) is 0 Å². The Morgan fingerprint density at radius 1 is 1.19 bits per heavy atom. The van der Waals surface area contributed by atoms with Gasteiger partial charge < -0.3 is 10.6 Å². The fraction of sp³-hybridized carbons (Fsp3) is 0.647. The summed E-state index contributed by atoms with van der Waals surface area (Å²) in [5.74, 6) is 0. The summed E-state index contributed by atoms with van der Waals surface area (Å²) in [7, 11) is 0. The van der Waals surface area contributed by atoms with Crippen molar-refractivity contribution in [3.05, 3.63) is 33.8 Å². The zero-order valence-electron chi connectivity index (χ0n) is 13.0. The number of hydrogen-bond acceptors (Lipinski definition) is 2. The summed E-state index contributed by atoms with van der Waals surface area (Å²) in [6, 6.07) is 7.27. The van der Waals surface area contributed by atoms with Gasteiger partial charge in [0.1, 0.15) is 0 Å². The Bertz CT molecular complexity index is 442. The van der Waals surface area contributed by atoms with E-state index in [4.69, 9.17) is 23.2 Å². The molecule has 0 spiro atoms. The highest BCUT2D eigenvalue weighted by Crippen LogP contribution is 2.26. The molecule has 1 aliphatic rings. The molecule has 21 heavy (non-hydrogen) atoms. The molecule has 1 aromatic rings. The van der Waals surface area contributed by atoms with Gasteiger partial charge in [-0.15, -0.1) is 0 Å². The van der Waals surface area contributed by atoms with Crippen molar-refractivity contribution >= 4 is 23.2 Å². The van der Waals surface area contributed by atoms with Crippen LogP contribution in [-0.2, 0) is 0 Å². The highest BCUT2D eigenvalue weighted by Gasteiger charge is 2.17. The Morgan fingerprint density at radius 3 is 2.76 bits per heavy atom. The lowest BCUT2D eigenvalue weighted by atomic mass is 10.0. The van der Waals surface area contributed by atoms with Gasteiger partial charge in [0.15, 0.2) is 0 Å². The summed E-state index contributed by atoms with van der Waals surface area (Å²) in [6.07, 6.45) is 6.51. The first-order chi connectivity index (χ1) is 10.1. The first-order valence-electron chi connectivity index (χ1n) is 8.00. The van der Waals surface area contributed by atoms with E-state index in [1.165, 1.54) is 44.2 Å². The molecule has 1 saturated heterocycles. The molecule has 118 valence electrons. The lowest BCUT2D eigenvalue weighted by Gasteiger charge is -2.25. The Kier molecular flexibility index (Phi) is 6.81. The predicted molar refractivity (Wildman–Crippen MR) is 92.4 cm³/mol. The third-order valence-corrected chi connectivity index (χ3v) is 5.02. The van der Waals surface area contributed by atoms with Crippen molar-refractivity contribution < 1.29 is 0 Å². The van der Waals surface area contributed by atoms with E-state index in [0.29, 0.717) is 22.1 Å². The molecule has 0 amide bonds. The number of rotatable bonds is 5. The maximum atomic E-state index is 6.10. The van der Waals surface area contributed by atoms with E-state index in [1.54, 1.807) is 0 Å². The van der Waals surface area contributed by atoms with Crippen molar-refractivity contribution in [1.29, 1.82) is 0 Å². The van der Waals surface area contributed by atoms with Gasteiger partial charge in [-0.1, -0.05) is 42.1 Å². The van der Waals surface area contributed by atoms with Gasteiger partial charge in [-0.2, -0.15) is 0 Å². The highest BCUT2D eigenvalue weighted by atomic mass is 35.5. The minimum Gasteiger partial charge on any atom is -0.314 e. The molecule has 2 rings (SSSR count). The molecule has 0 aromatic heterocycles. The summed E-state index contributed by atoms with van der Waals surface area (Å²) in [5.41, 5.74) is 1.19. The second-order valence-electron chi connectivity index (χ2n) is 6.20. The number of benzene rings is 1. The summed E-state index contributed by atoms with van der Waals surface area (Å²) in [5, 5.41) is 8.57. The van der Waals surface area contributed by atoms with Crippen molar-refractivity contribution in [2.45, 2.75) is 64.1 Å². The van der Waals surface area contributed by atoms with E-state index < -0.39 is 0 Å². The molecule has 3 unspecified atom stereocenters.